The molecule has 7 aromatic carbocycles. The number of imidazole rings is 1. The normalized spacial score (nSPS) is 13.1. The molecule has 1 unspecified atom stereocenters. The van der Waals surface area contributed by atoms with Crippen molar-refractivity contribution in [2.75, 3.05) is 0 Å². The maximum Gasteiger partial charge on any atom is 0.268 e. The van der Waals surface area contributed by atoms with Gasteiger partial charge in [0.25, 0.3) is 6.33 Å². The summed E-state index contributed by atoms with van der Waals surface area (Å²) in [7, 11) is 0. The molecule has 6 heteroatoms. The Hall–Kier alpha value is -6.55. The van der Waals surface area contributed by atoms with E-state index in [4.69, 9.17) is 15.2 Å². The molecule has 0 bridgehead atoms. The molecule has 5 nitrogen and oxygen atoms in total. The van der Waals surface area contributed by atoms with Gasteiger partial charge >= 0.3 is 0 Å². The largest absolute Gasteiger partial charge is 0.510 e. The molecule has 1 atom stereocenters. The Morgan fingerprint density at radius 2 is 1.35 bits per heavy atom. The van der Waals surface area contributed by atoms with Crippen molar-refractivity contribution < 1.29 is 35.9 Å². The van der Waals surface area contributed by atoms with Crippen LogP contribution in [0.15, 0.2) is 176 Å². The van der Waals surface area contributed by atoms with Gasteiger partial charge in [0, 0.05) is 44.3 Å². The molecule has 0 fully saturated rings. The molecule has 0 saturated carbocycles. The van der Waals surface area contributed by atoms with Crippen molar-refractivity contribution in [3.63, 3.8) is 0 Å². The summed E-state index contributed by atoms with van der Waals surface area (Å²) < 4.78 is 47.6. The molecule has 0 saturated heterocycles. The molecule has 0 amide bonds. The molecule has 60 heavy (non-hydrogen) atoms. The van der Waals surface area contributed by atoms with Crippen molar-refractivity contribution in [2.24, 2.45) is 5.41 Å². The predicted octanol–water partition coefficient (Wildman–Crippen LogP) is 13.1. The van der Waals surface area contributed by atoms with E-state index >= 15 is 0 Å². The summed E-state index contributed by atoms with van der Waals surface area (Å²) in [5, 5.41) is 1.01. The molecule has 0 aliphatic carbocycles. The van der Waals surface area contributed by atoms with E-state index < -0.39 is 0 Å². The summed E-state index contributed by atoms with van der Waals surface area (Å²) in [5.41, 5.74) is 9.86. The van der Waals surface area contributed by atoms with E-state index in [-0.39, 0.29) is 56.6 Å². The van der Waals surface area contributed by atoms with Crippen LogP contribution < -0.4 is 9.30 Å². The number of benzene rings is 7. The number of aromatic nitrogens is 4. The van der Waals surface area contributed by atoms with E-state index in [0.29, 0.717) is 44.8 Å². The van der Waals surface area contributed by atoms with E-state index in [1.54, 1.807) is 16.8 Å². The maximum atomic E-state index is 9.05. The maximum absolute atomic E-state index is 9.05. The van der Waals surface area contributed by atoms with Gasteiger partial charge < -0.3 is 13.9 Å². The Morgan fingerprint density at radius 1 is 0.683 bits per heavy atom. The third-order valence-corrected chi connectivity index (χ3v) is 11.3. The van der Waals surface area contributed by atoms with Gasteiger partial charge in [0.15, 0.2) is 0 Å². The number of hydrogen-bond donors (Lipinski definition) is 0. The third kappa shape index (κ3) is 7.03. The molecular formula is C54H42N4OPt-2. The van der Waals surface area contributed by atoms with Gasteiger partial charge in [-0.25, -0.2) is 4.98 Å². The summed E-state index contributed by atoms with van der Waals surface area (Å²) in [6.45, 7) is 8.76. The van der Waals surface area contributed by atoms with Gasteiger partial charge in [-0.05, 0) is 68.4 Å². The molecular weight excluding hydrogens is 916 g/mol. The first-order valence-electron chi connectivity index (χ1n) is 21.8. The second-order valence-electron chi connectivity index (χ2n) is 15.9. The number of fused-ring (bicyclic) bond motifs is 4. The van der Waals surface area contributed by atoms with Crippen LogP contribution >= 0.6 is 0 Å². The van der Waals surface area contributed by atoms with Crippen molar-refractivity contribution in [3.8, 4) is 50.9 Å². The molecule has 0 aliphatic rings. The van der Waals surface area contributed by atoms with Gasteiger partial charge in [-0.15, -0.1) is 29.7 Å². The van der Waals surface area contributed by atoms with E-state index in [1.165, 1.54) is 0 Å². The monoisotopic (exact) mass is 961 g/mol. The number of para-hydroxylation sites is 4. The van der Waals surface area contributed by atoms with Gasteiger partial charge in [-0.3, -0.25) is 4.57 Å². The first-order valence-corrected chi connectivity index (χ1v) is 19.8. The van der Waals surface area contributed by atoms with Crippen LogP contribution in [0.3, 0.4) is 0 Å². The Balaban J connectivity index is 0.00000518. The van der Waals surface area contributed by atoms with Crippen molar-refractivity contribution in [1.82, 2.24) is 14.1 Å². The minimum Gasteiger partial charge on any atom is -0.510 e. The average Bonchev–Trinajstić information content (AvgIpc) is 3.86. The van der Waals surface area contributed by atoms with Crippen LogP contribution in [-0.2, 0) is 21.1 Å². The number of nitrogens with zero attached hydrogens (tertiary/aromatic N) is 4. The van der Waals surface area contributed by atoms with E-state index in [2.05, 4.69) is 130 Å². The van der Waals surface area contributed by atoms with Gasteiger partial charge in [-0.2, -0.15) is 18.2 Å². The summed E-state index contributed by atoms with van der Waals surface area (Å²) >= 11 is 0. The van der Waals surface area contributed by atoms with Crippen molar-refractivity contribution in [3.05, 3.63) is 200 Å². The van der Waals surface area contributed by atoms with Gasteiger partial charge in [-0.1, -0.05) is 154 Å². The molecule has 0 N–H and O–H groups in total. The van der Waals surface area contributed by atoms with Gasteiger partial charge in [0.2, 0.25) is 0 Å². The Bertz CT molecular complexity index is 3320. The van der Waals surface area contributed by atoms with Crippen LogP contribution in [-0.4, -0.2) is 14.1 Å². The second kappa shape index (κ2) is 15.9. The zero-order valence-corrected chi connectivity index (χ0v) is 35.8. The fourth-order valence-electron chi connectivity index (χ4n) is 7.87. The fraction of sp³-hybridized carbons (Fsp3) is 0.111. The van der Waals surface area contributed by atoms with Crippen LogP contribution in [0.2, 0.25) is 0 Å². The van der Waals surface area contributed by atoms with Crippen LogP contribution in [0.25, 0.3) is 72.3 Å². The summed E-state index contributed by atoms with van der Waals surface area (Å²) in [6, 6.07) is 54.9. The zero-order valence-electron chi connectivity index (χ0n) is 37.5. The quantitative estimate of drug-likeness (QED) is 0.112. The number of rotatable bonds is 8. The molecule has 0 radical (unpaired) electrons. The summed E-state index contributed by atoms with van der Waals surface area (Å²) in [6.07, 6.45) is 5.46. The van der Waals surface area contributed by atoms with E-state index in [9.17, 15) is 0 Å². The molecule has 0 spiro atoms. The van der Waals surface area contributed by atoms with Crippen LogP contribution in [0.5, 0.6) is 11.5 Å². The summed E-state index contributed by atoms with van der Waals surface area (Å²) in [5.74, 6) is 1.54. The van der Waals surface area contributed by atoms with Crippen molar-refractivity contribution in [1.29, 1.82) is 0 Å². The minimum absolute atomic E-state index is 0. The fourth-order valence-corrected chi connectivity index (χ4v) is 7.87. The van der Waals surface area contributed by atoms with Crippen molar-refractivity contribution in [2.45, 2.75) is 33.6 Å². The van der Waals surface area contributed by atoms with Crippen LogP contribution in [0.4, 0.5) is 0 Å². The third-order valence-electron chi connectivity index (χ3n) is 11.3. The Morgan fingerprint density at radius 3 is 2.08 bits per heavy atom. The molecule has 296 valence electrons. The zero-order chi connectivity index (χ0) is 43.6. The number of ether oxygens (including phenoxy) is 1. The minimum atomic E-state index is -0.311. The van der Waals surface area contributed by atoms with E-state index in [0.717, 1.165) is 44.5 Å². The van der Waals surface area contributed by atoms with Crippen molar-refractivity contribution >= 4 is 32.8 Å². The number of pyridine rings is 1. The Kier molecular flexibility index (Phi) is 9.09. The first-order chi connectivity index (χ1) is 30.5. The standard InChI is InChI=1S/C54H42N4O.Pt/c1-37(54(2,3)4)40-31-32-55-52(33-40)58-48-26-12-11-23-46(48)47-30-29-43(35-51(47)58)59-42-22-15-21-41(34-42)56-36-57(50-28-14-13-27-49(50)56)53-44(38-17-7-5-8-18-38)24-16-25-45(53)39-19-9-6-10-20-39;/h5-33,37H,1-4H3;/q-2;/i11D,12D,23D,26D;. The second-order valence-corrected chi connectivity index (χ2v) is 15.9. The molecule has 3 heterocycles. The molecule has 10 rings (SSSR count). The van der Waals surface area contributed by atoms with Gasteiger partial charge in [0.05, 0.1) is 22.2 Å². The first kappa shape index (κ1) is 34.3. The number of hydrogen-bond acceptors (Lipinski definition) is 2. The topological polar surface area (TPSA) is 35.9 Å². The van der Waals surface area contributed by atoms with E-state index in [1.807, 2.05) is 65.2 Å². The van der Waals surface area contributed by atoms with Gasteiger partial charge in [0.1, 0.15) is 5.82 Å². The predicted molar refractivity (Wildman–Crippen MR) is 239 cm³/mol. The summed E-state index contributed by atoms with van der Waals surface area (Å²) in [4.78, 5) is 4.76. The van der Waals surface area contributed by atoms with Crippen LogP contribution in [0, 0.1) is 23.9 Å². The molecule has 3 aromatic heterocycles. The molecule has 0 aliphatic heterocycles. The SMILES string of the molecule is [2H]c1c([2H])c([2H])c2c(c1[2H])c1ccc(Oc3[c-]c(-n4[c-][n+](-c5c(-c6ccccc6)cccc5-c5ccccc5)c5ccccc54)ccc3)[c-]c1n2-c1cc(C(C)C(C)(C)C)ccn1.[Pt]. The smallest absolute Gasteiger partial charge is 0.268 e. The van der Waals surface area contributed by atoms with Crippen LogP contribution in [0.1, 0.15) is 44.7 Å². The Labute approximate surface area is 371 Å². The average molecular weight is 962 g/mol. The molecule has 10 aromatic rings.